The Morgan fingerprint density at radius 2 is 1.71 bits per heavy atom. The SMILES string of the molecule is Cc1cccc(-n2c(=O)c3ccccc3n3c(SC(C)C(=O)N4CCCCCC4)nnc23)c1C. The Morgan fingerprint density at radius 1 is 0.971 bits per heavy atom. The first-order valence-corrected chi connectivity index (χ1v) is 12.8. The van der Waals surface area contributed by atoms with Gasteiger partial charge < -0.3 is 4.90 Å². The molecule has 1 atom stereocenters. The van der Waals surface area contributed by atoms with Crippen molar-refractivity contribution in [2.45, 2.75) is 56.9 Å². The summed E-state index contributed by atoms with van der Waals surface area (Å²) in [5, 5.41) is 9.80. The third-order valence-corrected chi connectivity index (χ3v) is 7.79. The topological polar surface area (TPSA) is 72.5 Å². The Kier molecular flexibility index (Phi) is 6.16. The van der Waals surface area contributed by atoms with Gasteiger partial charge in [0.15, 0.2) is 5.16 Å². The number of nitrogens with zero attached hydrogens (tertiary/aromatic N) is 5. The number of carbonyl (C=O) groups is 1. The van der Waals surface area contributed by atoms with Crippen molar-refractivity contribution in [3.63, 3.8) is 0 Å². The molecule has 8 heteroatoms. The third kappa shape index (κ3) is 3.90. The smallest absolute Gasteiger partial charge is 0.267 e. The number of rotatable bonds is 4. The van der Waals surface area contributed by atoms with Crippen LogP contribution in [0.15, 0.2) is 52.4 Å². The molecule has 5 rings (SSSR count). The maximum Gasteiger partial charge on any atom is 0.267 e. The molecule has 7 nitrogen and oxygen atoms in total. The van der Waals surface area contributed by atoms with Gasteiger partial charge in [-0.25, -0.2) is 4.57 Å². The highest BCUT2D eigenvalue weighted by molar-refractivity contribution is 8.00. The second-order valence-electron chi connectivity index (χ2n) is 8.99. The van der Waals surface area contributed by atoms with Gasteiger partial charge in [-0.1, -0.05) is 48.9 Å². The maximum absolute atomic E-state index is 13.6. The van der Waals surface area contributed by atoms with Gasteiger partial charge in [0, 0.05) is 13.1 Å². The number of fused-ring (bicyclic) bond motifs is 3. The van der Waals surface area contributed by atoms with Crippen LogP contribution in [0.5, 0.6) is 0 Å². The number of para-hydroxylation sites is 1. The number of aromatic nitrogens is 4. The molecule has 0 N–H and O–H groups in total. The summed E-state index contributed by atoms with van der Waals surface area (Å²) in [7, 11) is 0. The van der Waals surface area contributed by atoms with Gasteiger partial charge in [0.05, 0.1) is 21.8 Å². The number of aryl methyl sites for hydroxylation is 1. The number of likely N-dealkylation sites (tertiary alicyclic amines) is 1. The van der Waals surface area contributed by atoms with E-state index in [9.17, 15) is 9.59 Å². The minimum atomic E-state index is -0.301. The van der Waals surface area contributed by atoms with Crippen LogP contribution in [0.1, 0.15) is 43.7 Å². The highest BCUT2D eigenvalue weighted by atomic mass is 32.2. The number of benzene rings is 2. The first kappa shape index (κ1) is 22.7. The number of carbonyl (C=O) groups excluding carboxylic acids is 1. The summed E-state index contributed by atoms with van der Waals surface area (Å²) in [4.78, 5) is 28.8. The molecule has 0 spiro atoms. The summed E-state index contributed by atoms with van der Waals surface area (Å²) in [5.74, 6) is 0.588. The van der Waals surface area contributed by atoms with E-state index in [0.717, 1.165) is 48.3 Å². The number of thioether (sulfide) groups is 1. The average molecular weight is 476 g/mol. The van der Waals surface area contributed by atoms with Crippen molar-refractivity contribution in [3.8, 4) is 5.69 Å². The van der Waals surface area contributed by atoms with Crippen molar-refractivity contribution in [1.82, 2.24) is 24.1 Å². The molecule has 34 heavy (non-hydrogen) atoms. The molecule has 2 aromatic heterocycles. The number of hydrogen-bond acceptors (Lipinski definition) is 5. The molecule has 1 amide bonds. The molecule has 1 unspecified atom stereocenters. The predicted molar refractivity (Wildman–Crippen MR) is 136 cm³/mol. The Balaban J connectivity index is 1.64. The monoisotopic (exact) mass is 475 g/mol. The van der Waals surface area contributed by atoms with Gasteiger partial charge in [0.2, 0.25) is 11.7 Å². The second-order valence-corrected chi connectivity index (χ2v) is 10.3. The molecule has 176 valence electrons. The van der Waals surface area contributed by atoms with Crippen molar-refractivity contribution in [2.24, 2.45) is 0 Å². The zero-order chi connectivity index (χ0) is 23.8. The lowest BCUT2D eigenvalue weighted by Crippen LogP contribution is -2.37. The van der Waals surface area contributed by atoms with E-state index in [-0.39, 0.29) is 16.7 Å². The molecule has 4 aromatic rings. The van der Waals surface area contributed by atoms with E-state index in [1.165, 1.54) is 24.6 Å². The molecule has 0 aliphatic carbocycles. The summed E-state index contributed by atoms with van der Waals surface area (Å²) in [6.07, 6.45) is 4.48. The van der Waals surface area contributed by atoms with Crippen molar-refractivity contribution in [3.05, 3.63) is 63.9 Å². The molecule has 0 bridgehead atoms. The van der Waals surface area contributed by atoms with Gasteiger partial charge in [-0.05, 0) is 62.9 Å². The van der Waals surface area contributed by atoms with E-state index in [1.807, 2.05) is 72.5 Å². The molecule has 1 saturated heterocycles. The number of amides is 1. The fraction of sp³-hybridized carbons (Fsp3) is 0.385. The van der Waals surface area contributed by atoms with Crippen LogP contribution >= 0.6 is 11.8 Å². The van der Waals surface area contributed by atoms with Crippen LogP contribution in [-0.2, 0) is 4.79 Å². The molecular formula is C26H29N5O2S. The zero-order valence-corrected chi connectivity index (χ0v) is 20.6. The Hall–Kier alpha value is -3.13. The summed E-state index contributed by atoms with van der Waals surface area (Å²) in [6.45, 7) is 7.61. The molecule has 2 aromatic carbocycles. The molecule has 1 aliphatic heterocycles. The highest BCUT2D eigenvalue weighted by Crippen LogP contribution is 2.28. The third-order valence-electron chi connectivity index (χ3n) is 6.76. The van der Waals surface area contributed by atoms with Crippen molar-refractivity contribution in [2.75, 3.05) is 13.1 Å². The lowest BCUT2D eigenvalue weighted by atomic mass is 10.1. The second kappa shape index (κ2) is 9.25. The van der Waals surface area contributed by atoms with E-state index in [1.54, 1.807) is 4.57 Å². The van der Waals surface area contributed by atoms with Crippen LogP contribution in [0.2, 0.25) is 0 Å². The van der Waals surface area contributed by atoms with Crippen molar-refractivity contribution < 1.29 is 4.79 Å². The summed E-state index contributed by atoms with van der Waals surface area (Å²) in [5.41, 5.74) is 3.52. The van der Waals surface area contributed by atoms with E-state index >= 15 is 0 Å². The van der Waals surface area contributed by atoms with Gasteiger partial charge in [-0.2, -0.15) is 0 Å². The average Bonchev–Trinajstić information content (AvgIpc) is 3.06. The van der Waals surface area contributed by atoms with E-state index in [4.69, 9.17) is 0 Å². The number of hydrogen-bond donors (Lipinski definition) is 0. The minimum absolute atomic E-state index is 0.130. The summed E-state index contributed by atoms with van der Waals surface area (Å²) < 4.78 is 3.55. The van der Waals surface area contributed by atoms with Crippen molar-refractivity contribution in [1.29, 1.82) is 0 Å². The lowest BCUT2D eigenvalue weighted by Gasteiger charge is -2.23. The quantitative estimate of drug-likeness (QED) is 0.406. The Labute approximate surface area is 202 Å². The fourth-order valence-electron chi connectivity index (χ4n) is 4.71. The van der Waals surface area contributed by atoms with E-state index < -0.39 is 0 Å². The first-order valence-electron chi connectivity index (χ1n) is 11.9. The van der Waals surface area contributed by atoms with Gasteiger partial charge in [0.1, 0.15) is 0 Å². The standard InChI is InChI=1S/C26H29N5O2S/c1-17-11-10-14-21(18(17)2)30-24(33)20-12-6-7-13-22(20)31-25(30)27-28-26(31)34-19(3)23(32)29-15-8-4-5-9-16-29/h6-7,10-14,19H,4-5,8-9,15-16H2,1-3H3. The summed E-state index contributed by atoms with van der Waals surface area (Å²) >= 11 is 1.40. The lowest BCUT2D eigenvalue weighted by molar-refractivity contribution is -0.130. The van der Waals surface area contributed by atoms with Crippen LogP contribution in [0.4, 0.5) is 0 Å². The Morgan fingerprint density at radius 3 is 2.47 bits per heavy atom. The zero-order valence-electron chi connectivity index (χ0n) is 19.8. The first-order chi connectivity index (χ1) is 16.5. The predicted octanol–water partition coefficient (Wildman–Crippen LogP) is 4.53. The fourth-order valence-corrected chi connectivity index (χ4v) is 5.65. The summed E-state index contributed by atoms with van der Waals surface area (Å²) in [6, 6.07) is 13.4. The maximum atomic E-state index is 13.6. The van der Waals surface area contributed by atoms with E-state index in [0.29, 0.717) is 16.3 Å². The molecule has 3 heterocycles. The normalized spacial score (nSPS) is 15.6. The molecule has 1 aliphatic rings. The van der Waals surface area contributed by atoms with Crippen LogP contribution < -0.4 is 5.56 Å². The van der Waals surface area contributed by atoms with Crippen LogP contribution in [-0.4, -0.2) is 48.3 Å². The van der Waals surface area contributed by atoms with Gasteiger partial charge in [-0.3, -0.25) is 14.0 Å². The minimum Gasteiger partial charge on any atom is -0.342 e. The molecule has 0 saturated carbocycles. The van der Waals surface area contributed by atoms with E-state index in [2.05, 4.69) is 10.2 Å². The molecule has 1 fully saturated rings. The van der Waals surface area contributed by atoms with Gasteiger partial charge in [-0.15, -0.1) is 10.2 Å². The van der Waals surface area contributed by atoms with Crippen LogP contribution in [0, 0.1) is 13.8 Å². The molecular weight excluding hydrogens is 446 g/mol. The molecule has 0 radical (unpaired) electrons. The highest BCUT2D eigenvalue weighted by Gasteiger charge is 2.26. The van der Waals surface area contributed by atoms with Crippen molar-refractivity contribution >= 4 is 34.3 Å². The van der Waals surface area contributed by atoms with Crippen LogP contribution in [0.3, 0.4) is 0 Å². The largest absolute Gasteiger partial charge is 0.342 e. The van der Waals surface area contributed by atoms with Gasteiger partial charge >= 0.3 is 0 Å². The Bertz CT molecular complexity index is 1430. The van der Waals surface area contributed by atoms with Gasteiger partial charge in [0.25, 0.3) is 5.56 Å². The van der Waals surface area contributed by atoms with Crippen LogP contribution in [0.25, 0.3) is 22.4 Å².